The Bertz CT molecular complexity index is 481. The maximum Gasteiger partial charge on any atom is 0.488 e. The van der Waals surface area contributed by atoms with Gasteiger partial charge in [-0.2, -0.15) is 0 Å². The summed E-state index contributed by atoms with van der Waals surface area (Å²) in [6.45, 7) is 0. The van der Waals surface area contributed by atoms with Gasteiger partial charge in [-0.3, -0.25) is 0 Å². The summed E-state index contributed by atoms with van der Waals surface area (Å²) in [7, 11) is -4.69. The van der Waals surface area contributed by atoms with Gasteiger partial charge in [0.1, 0.15) is 0 Å². The highest BCUT2D eigenvalue weighted by Crippen LogP contribution is 2.23. The van der Waals surface area contributed by atoms with Crippen molar-refractivity contribution in [1.82, 2.24) is 0 Å². The molecule has 1 aliphatic rings. The third-order valence-corrected chi connectivity index (χ3v) is 4.47. The van der Waals surface area contributed by atoms with Gasteiger partial charge < -0.3 is 10.0 Å². The molecule has 0 atom stereocenters. The molecule has 1 aromatic carbocycles. The van der Waals surface area contributed by atoms with Crippen molar-refractivity contribution in [1.29, 1.82) is 0 Å². The Hall–Kier alpha value is -0.845. The summed E-state index contributed by atoms with van der Waals surface area (Å²) in [4.78, 5) is 0.332. The van der Waals surface area contributed by atoms with Crippen molar-refractivity contribution >= 4 is 22.4 Å². The smallest absolute Gasteiger partial charge is 0.423 e. The molecule has 6 heteroatoms. The van der Waals surface area contributed by atoms with Crippen LogP contribution in [0, 0.1) is 0 Å². The summed E-state index contributed by atoms with van der Waals surface area (Å²) in [5, 5.41) is 17.9. The second-order valence-corrected chi connectivity index (χ2v) is 5.74. The molecule has 0 aromatic heterocycles. The van der Waals surface area contributed by atoms with Crippen LogP contribution in [-0.2, 0) is 16.3 Å². The zero-order valence-corrected chi connectivity index (χ0v) is 8.87. The molecule has 80 valence electrons. The molecule has 4 nitrogen and oxygen atoms in total. The zero-order chi connectivity index (χ0) is 11.1. The standard InChI is InChI=1S/C9H11BO4S/c11-10(12)8-3-4-9-7(6-8)2-1-5-15(9,13)14/h3-4,6,11-12H,1-2,5H2. The van der Waals surface area contributed by atoms with Crippen LogP contribution >= 0.6 is 0 Å². The first-order valence-electron chi connectivity index (χ1n) is 4.72. The molecule has 0 saturated heterocycles. The fraction of sp³-hybridized carbons (Fsp3) is 0.333. The van der Waals surface area contributed by atoms with Crippen LogP contribution < -0.4 is 5.46 Å². The van der Waals surface area contributed by atoms with E-state index in [1.165, 1.54) is 12.1 Å². The van der Waals surface area contributed by atoms with Gasteiger partial charge in [0.05, 0.1) is 10.6 Å². The number of benzene rings is 1. The molecule has 2 N–H and O–H groups in total. The normalized spacial score (nSPS) is 18.3. The summed E-state index contributed by atoms with van der Waals surface area (Å²) in [6, 6.07) is 4.45. The average Bonchev–Trinajstić information content (AvgIpc) is 2.16. The lowest BCUT2D eigenvalue weighted by Gasteiger charge is -2.16. The maximum atomic E-state index is 11.6. The third kappa shape index (κ3) is 1.93. The van der Waals surface area contributed by atoms with Gasteiger partial charge in [0, 0.05) is 0 Å². The van der Waals surface area contributed by atoms with E-state index in [1.807, 2.05) is 0 Å². The second-order valence-electron chi connectivity index (χ2n) is 3.66. The quantitative estimate of drug-likeness (QED) is 0.607. The fourth-order valence-electron chi connectivity index (χ4n) is 1.82. The monoisotopic (exact) mass is 226 g/mol. The summed E-state index contributed by atoms with van der Waals surface area (Å²) in [5.74, 6) is 0.182. The van der Waals surface area contributed by atoms with Crippen molar-refractivity contribution in [3.05, 3.63) is 23.8 Å². The van der Waals surface area contributed by atoms with Crippen molar-refractivity contribution < 1.29 is 18.5 Å². The number of rotatable bonds is 1. The summed E-state index contributed by atoms with van der Waals surface area (Å²) >= 11 is 0. The SMILES string of the molecule is O=S1(=O)CCCc2cc(B(O)O)ccc21. The highest BCUT2D eigenvalue weighted by molar-refractivity contribution is 7.91. The molecule has 0 spiro atoms. The van der Waals surface area contributed by atoms with E-state index < -0.39 is 17.0 Å². The molecule has 15 heavy (non-hydrogen) atoms. The van der Waals surface area contributed by atoms with Gasteiger partial charge in [0.2, 0.25) is 0 Å². The number of aryl methyl sites for hydroxylation is 1. The van der Waals surface area contributed by atoms with Gasteiger partial charge in [0.15, 0.2) is 9.84 Å². The molecule has 0 saturated carbocycles. The molecule has 1 aromatic rings. The van der Waals surface area contributed by atoms with E-state index in [9.17, 15) is 8.42 Å². The summed E-state index contributed by atoms with van der Waals surface area (Å²) in [6.07, 6.45) is 1.27. The Morgan fingerprint density at radius 2 is 2.00 bits per heavy atom. The van der Waals surface area contributed by atoms with Crippen molar-refractivity contribution in [2.45, 2.75) is 17.7 Å². The van der Waals surface area contributed by atoms with Crippen molar-refractivity contribution in [3.8, 4) is 0 Å². The lowest BCUT2D eigenvalue weighted by Crippen LogP contribution is -2.31. The Kier molecular flexibility index (Phi) is 2.58. The Morgan fingerprint density at radius 3 is 2.67 bits per heavy atom. The number of sulfone groups is 1. The number of hydrogen-bond donors (Lipinski definition) is 2. The fourth-order valence-corrected chi connectivity index (χ4v) is 3.40. The Balaban J connectivity index is 2.55. The van der Waals surface area contributed by atoms with Crippen molar-refractivity contribution in [3.63, 3.8) is 0 Å². The van der Waals surface area contributed by atoms with Crippen LogP contribution in [0.15, 0.2) is 23.1 Å². The molecule has 0 radical (unpaired) electrons. The predicted octanol–water partition coefficient (Wildman–Crippen LogP) is -0.914. The predicted molar refractivity (Wildman–Crippen MR) is 56.6 cm³/mol. The Morgan fingerprint density at radius 1 is 1.27 bits per heavy atom. The summed E-state index contributed by atoms with van der Waals surface area (Å²) < 4.78 is 23.3. The second kappa shape index (κ2) is 3.62. The van der Waals surface area contributed by atoms with Crippen LogP contribution in [0.3, 0.4) is 0 Å². The largest absolute Gasteiger partial charge is 0.488 e. The van der Waals surface area contributed by atoms with Crippen LogP contribution in [0.1, 0.15) is 12.0 Å². The first-order chi connectivity index (χ1) is 7.00. The van der Waals surface area contributed by atoms with Gasteiger partial charge in [-0.25, -0.2) is 8.42 Å². The molecule has 0 aliphatic carbocycles. The first kappa shape index (κ1) is 10.7. The molecule has 1 heterocycles. The highest BCUT2D eigenvalue weighted by Gasteiger charge is 2.24. The lowest BCUT2D eigenvalue weighted by atomic mass is 9.79. The van der Waals surface area contributed by atoms with Gasteiger partial charge in [-0.15, -0.1) is 0 Å². The van der Waals surface area contributed by atoms with Crippen LogP contribution in [-0.4, -0.2) is 31.3 Å². The third-order valence-electron chi connectivity index (χ3n) is 2.58. The van der Waals surface area contributed by atoms with Crippen LogP contribution in [0.25, 0.3) is 0 Å². The molecular formula is C9H11BO4S. The molecule has 1 aliphatic heterocycles. The van der Waals surface area contributed by atoms with Gasteiger partial charge in [-0.1, -0.05) is 12.1 Å². The number of hydrogen-bond acceptors (Lipinski definition) is 4. The van der Waals surface area contributed by atoms with Gasteiger partial charge in [0.25, 0.3) is 0 Å². The van der Waals surface area contributed by atoms with E-state index in [4.69, 9.17) is 10.0 Å². The van der Waals surface area contributed by atoms with Crippen molar-refractivity contribution in [2.75, 3.05) is 5.75 Å². The molecular weight excluding hydrogens is 215 g/mol. The molecule has 0 bridgehead atoms. The van der Waals surface area contributed by atoms with E-state index in [0.717, 1.165) is 0 Å². The maximum absolute atomic E-state index is 11.6. The van der Waals surface area contributed by atoms with E-state index in [0.29, 0.717) is 28.8 Å². The topological polar surface area (TPSA) is 74.6 Å². The zero-order valence-electron chi connectivity index (χ0n) is 8.05. The molecule has 0 amide bonds. The van der Waals surface area contributed by atoms with Gasteiger partial charge >= 0.3 is 7.12 Å². The summed E-state index contributed by atoms with van der Waals surface area (Å²) in [5.41, 5.74) is 1.03. The van der Waals surface area contributed by atoms with Crippen LogP contribution in [0.4, 0.5) is 0 Å². The average molecular weight is 226 g/mol. The molecule has 2 rings (SSSR count). The minimum absolute atomic E-state index is 0.182. The van der Waals surface area contributed by atoms with Crippen molar-refractivity contribution in [2.24, 2.45) is 0 Å². The highest BCUT2D eigenvalue weighted by atomic mass is 32.2. The van der Waals surface area contributed by atoms with E-state index in [2.05, 4.69) is 0 Å². The lowest BCUT2D eigenvalue weighted by molar-refractivity contribution is 0.425. The Labute approximate surface area is 88.6 Å². The minimum atomic E-state index is -3.15. The number of fused-ring (bicyclic) bond motifs is 1. The van der Waals surface area contributed by atoms with Crippen LogP contribution in [0.2, 0.25) is 0 Å². The van der Waals surface area contributed by atoms with Gasteiger partial charge in [-0.05, 0) is 29.9 Å². The first-order valence-corrected chi connectivity index (χ1v) is 6.38. The molecule has 0 unspecified atom stereocenters. The van der Waals surface area contributed by atoms with E-state index >= 15 is 0 Å². The van der Waals surface area contributed by atoms with E-state index in [1.54, 1.807) is 6.07 Å². The molecule has 0 fully saturated rings. The minimum Gasteiger partial charge on any atom is -0.423 e. The van der Waals surface area contributed by atoms with Crippen LogP contribution in [0.5, 0.6) is 0 Å². The van der Waals surface area contributed by atoms with E-state index in [-0.39, 0.29) is 5.75 Å².